The number of hydrogen-bond acceptors (Lipinski definition) is 4. The molecule has 2 rings (SSSR count). The quantitative estimate of drug-likeness (QED) is 0.771. The van der Waals surface area contributed by atoms with E-state index < -0.39 is 17.0 Å². The van der Waals surface area contributed by atoms with Crippen LogP contribution >= 0.6 is 23.4 Å². The summed E-state index contributed by atoms with van der Waals surface area (Å²) >= 11 is 6.92. The lowest BCUT2D eigenvalue weighted by Gasteiger charge is -2.12. The molecule has 1 amide bonds. The molecular weight excluding hydrogens is 375 g/mol. The average molecular weight is 386 g/mol. The fourth-order valence-electron chi connectivity index (χ4n) is 1.78. The van der Waals surface area contributed by atoms with Crippen molar-refractivity contribution in [3.63, 3.8) is 0 Å². The lowest BCUT2D eigenvalue weighted by Crippen LogP contribution is -2.22. The third kappa shape index (κ3) is 5.11. The van der Waals surface area contributed by atoms with Gasteiger partial charge in [-0.3, -0.25) is 4.79 Å². The predicted octanol–water partition coefficient (Wildman–Crippen LogP) is 4.74. The number of benzene rings is 1. The van der Waals surface area contributed by atoms with Gasteiger partial charge in [-0.05, 0) is 37.3 Å². The first-order valence-electron chi connectivity index (χ1n) is 6.91. The van der Waals surface area contributed by atoms with Crippen molar-refractivity contribution < 1.29 is 18.0 Å². The fourth-order valence-corrected chi connectivity index (χ4v) is 2.79. The molecule has 4 nitrogen and oxygen atoms in total. The number of carbonyl (C=O) groups is 1. The Hall–Kier alpha value is -2.24. The molecule has 1 N–H and O–H groups in total. The summed E-state index contributed by atoms with van der Waals surface area (Å²) in [6, 6.07) is 8.51. The predicted molar refractivity (Wildman–Crippen MR) is 89.4 cm³/mol. The third-order valence-electron chi connectivity index (χ3n) is 3.09. The molecule has 1 aromatic heterocycles. The zero-order valence-electron chi connectivity index (χ0n) is 12.8. The highest BCUT2D eigenvalue weighted by Gasteiger charge is 2.30. The fraction of sp³-hybridized carbons (Fsp3) is 0.188. The number of thioether (sulfide) groups is 1. The number of alkyl halides is 3. The summed E-state index contributed by atoms with van der Waals surface area (Å²) in [6.07, 6.45) is -3.72. The van der Waals surface area contributed by atoms with Crippen molar-refractivity contribution in [3.8, 4) is 6.07 Å². The highest BCUT2D eigenvalue weighted by molar-refractivity contribution is 8.00. The Kier molecular flexibility index (Phi) is 5.93. The zero-order chi connectivity index (χ0) is 18.6. The maximum atomic E-state index is 12.5. The SMILES string of the molecule is CC(Sc1ccc(C(F)(F)F)cn1)C(=O)Nc1ccc(C#N)c(Cl)c1. The van der Waals surface area contributed by atoms with Crippen LogP contribution in [-0.2, 0) is 11.0 Å². The maximum absolute atomic E-state index is 12.5. The Morgan fingerprint density at radius 2 is 2.08 bits per heavy atom. The van der Waals surface area contributed by atoms with Crippen molar-refractivity contribution >= 4 is 35.0 Å². The highest BCUT2D eigenvalue weighted by Crippen LogP contribution is 2.30. The molecule has 1 heterocycles. The van der Waals surface area contributed by atoms with E-state index in [-0.39, 0.29) is 16.5 Å². The Labute approximate surface area is 151 Å². The normalized spacial score (nSPS) is 12.3. The summed E-state index contributed by atoms with van der Waals surface area (Å²) in [5, 5.41) is 11.4. The average Bonchev–Trinajstić information content (AvgIpc) is 2.54. The van der Waals surface area contributed by atoms with Crippen molar-refractivity contribution in [1.82, 2.24) is 4.98 Å². The minimum atomic E-state index is -4.45. The van der Waals surface area contributed by atoms with Gasteiger partial charge in [-0.15, -0.1) is 0 Å². The molecule has 0 saturated carbocycles. The molecule has 1 atom stereocenters. The number of anilines is 1. The van der Waals surface area contributed by atoms with Gasteiger partial charge in [0, 0.05) is 11.9 Å². The van der Waals surface area contributed by atoms with E-state index in [1.165, 1.54) is 24.3 Å². The molecule has 2 aromatic rings. The van der Waals surface area contributed by atoms with Crippen LogP contribution in [0.3, 0.4) is 0 Å². The highest BCUT2D eigenvalue weighted by atomic mass is 35.5. The number of hydrogen-bond donors (Lipinski definition) is 1. The van der Waals surface area contributed by atoms with Gasteiger partial charge in [0.1, 0.15) is 6.07 Å². The first-order chi connectivity index (χ1) is 11.7. The van der Waals surface area contributed by atoms with E-state index in [2.05, 4.69) is 10.3 Å². The summed E-state index contributed by atoms with van der Waals surface area (Å²) in [5.74, 6) is -0.368. The topological polar surface area (TPSA) is 65.8 Å². The van der Waals surface area contributed by atoms with E-state index in [1.807, 2.05) is 6.07 Å². The van der Waals surface area contributed by atoms with Crippen molar-refractivity contribution in [2.24, 2.45) is 0 Å². The van der Waals surface area contributed by atoms with Crippen LogP contribution in [0, 0.1) is 11.3 Å². The van der Waals surface area contributed by atoms with Crippen molar-refractivity contribution in [2.45, 2.75) is 23.4 Å². The molecular formula is C16H11ClF3N3OS. The number of amides is 1. The number of nitrogens with zero attached hydrogens (tertiary/aromatic N) is 2. The number of nitrogens with one attached hydrogen (secondary N) is 1. The van der Waals surface area contributed by atoms with Crippen molar-refractivity contribution in [2.75, 3.05) is 5.32 Å². The largest absolute Gasteiger partial charge is 0.417 e. The van der Waals surface area contributed by atoms with Crippen LogP contribution in [0.15, 0.2) is 41.6 Å². The van der Waals surface area contributed by atoms with Crippen LogP contribution in [0.1, 0.15) is 18.1 Å². The molecule has 0 aliphatic rings. The van der Waals surface area contributed by atoms with Crippen LogP contribution in [0.5, 0.6) is 0 Å². The number of nitriles is 1. The molecule has 0 aliphatic carbocycles. The third-order valence-corrected chi connectivity index (χ3v) is 4.45. The Morgan fingerprint density at radius 1 is 1.36 bits per heavy atom. The molecule has 1 unspecified atom stereocenters. The summed E-state index contributed by atoms with van der Waals surface area (Å²) in [4.78, 5) is 15.9. The summed E-state index contributed by atoms with van der Waals surface area (Å²) in [7, 11) is 0. The van der Waals surface area contributed by atoms with Gasteiger partial charge in [-0.1, -0.05) is 23.4 Å². The molecule has 0 radical (unpaired) electrons. The van der Waals surface area contributed by atoms with Crippen LogP contribution in [-0.4, -0.2) is 16.1 Å². The Morgan fingerprint density at radius 3 is 2.60 bits per heavy atom. The van der Waals surface area contributed by atoms with Gasteiger partial charge in [0.05, 0.1) is 26.4 Å². The van der Waals surface area contributed by atoms with Gasteiger partial charge in [0.25, 0.3) is 0 Å². The van der Waals surface area contributed by atoms with Crippen molar-refractivity contribution in [1.29, 1.82) is 5.26 Å². The maximum Gasteiger partial charge on any atom is 0.417 e. The van der Waals surface area contributed by atoms with Gasteiger partial charge in [0.15, 0.2) is 0 Å². The van der Waals surface area contributed by atoms with E-state index in [0.29, 0.717) is 10.7 Å². The summed E-state index contributed by atoms with van der Waals surface area (Å²) in [6.45, 7) is 1.60. The number of pyridine rings is 1. The Bertz CT molecular complexity index is 819. The first-order valence-corrected chi connectivity index (χ1v) is 8.17. The van der Waals surface area contributed by atoms with E-state index in [0.717, 1.165) is 24.0 Å². The van der Waals surface area contributed by atoms with Crippen LogP contribution < -0.4 is 5.32 Å². The molecule has 1 aromatic carbocycles. The molecule has 25 heavy (non-hydrogen) atoms. The lowest BCUT2D eigenvalue weighted by molar-refractivity contribution is -0.137. The number of rotatable bonds is 4. The number of aromatic nitrogens is 1. The molecule has 0 saturated heterocycles. The minimum Gasteiger partial charge on any atom is -0.325 e. The van der Waals surface area contributed by atoms with Crippen LogP contribution in [0.2, 0.25) is 5.02 Å². The van der Waals surface area contributed by atoms with Gasteiger partial charge in [-0.2, -0.15) is 18.4 Å². The second kappa shape index (κ2) is 7.76. The van der Waals surface area contributed by atoms with E-state index in [1.54, 1.807) is 6.92 Å². The molecule has 0 spiro atoms. The minimum absolute atomic E-state index is 0.213. The van der Waals surface area contributed by atoms with Crippen LogP contribution in [0.4, 0.5) is 18.9 Å². The summed E-state index contributed by atoms with van der Waals surface area (Å²) < 4.78 is 37.5. The second-order valence-electron chi connectivity index (χ2n) is 4.94. The lowest BCUT2D eigenvalue weighted by atomic mass is 10.2. The molecule has 0 bridgehead atoms. The van der Waals surface area contributed by atoms with Gasteiger partial charge >= 0.3 is 6.18 Å². The first kappa shape index (κ1) is 19.1. The smallest absolute Gasteiger partial charge is 0.325 e. The summed E-state index contributed by atoms with van der Waals surface area (Å²) in [5.41, 5.74) is -0.140. The van der Waals surface area contributed by atoms with E-state index in [9.17, 15) is 18.0 Å². The monoisotopic (exact) mass is 385 g/mol. The second-order valence-corrected chi connectivity index (χ2v) is 6.71. The number of carbonyl (C=O) groups excluding carboxylic acids is 1. The molecule has 130 valence electrons. The zero-order valence-corrected chi connectivity index (χ0v) is 14.3. The van der Waals surface area contributed by atoms with E-state index >= 15 is 0 Å². The van der Waals surface area contributed by atoms with E-state index in [4.69, 9.17) is 16.9 Å². The van der Waals surface area contributed by atoms with Crippen molar-refractivity contribution in [3.05, 3.63) is 52.7 Å². The van der Waals surface area contributed by atoms with Crippen LogP contribution in [0.25, 0.3) is 0 Å². The van der Waals surface area contributed by atoms with Gasteiger partial charge < -0.3 is 5.32 Å². The standard InChI is InChI=1S/C16H11ClF3N3OS/c1-9(25-14-5-3-11(8-22-14)16(18,19)20)15(24)23-12-4-2-10(7-21)13(17)6-12/h2-6,8-9H,1H3,(H,23,24). The Balaban J connectivity index is 2.01. The molecule has 0 aliphatic heterocycles. The van der Waals surface area contributed by atoms with Gasteiger partial charge in [-0.25, -0.2) is 4.98 Å². The molecule has 9 heteroatoms. The molecule has 0 fully saturated rings. The van der Waals surface area contributed by atoms with Gasteiger partial charge in [0.2, 0.25) is 5.91 Å². The number of halogens is 4.